The second-order valence-corrected chi connectivity index (χ2v) is 4.49. The lowest BCUT2D eigenvalue weighted by molar-refractivity contribution is -0.115. The van der Waals surface area contributed by atoms with Gasteiger partial charge >= 0.3 is 0 Å². The van der Waals surface area contributed by atoms with E-state index in [0.29, 0.717) is 0 Å². The first kappa shape index (κ1) is 14.6. The van der Waals surface area contributed by atoms with Crippen LogP contribution in [0, 0.1) is 11.6 Å². The van der Waals surface area contributed by atoms with Crippen molar-refractivity contribution in [1.29, 1.82) is 0 Å². The van der Waals surface area contributed by atoms with Gasteiger partial charge in [0.1, 0.15) is 23.0 Å². The Morgan fingerprint density at radius 1 is 1.20 bits per heavy atom. The zero-order valence-corrected chi connectivity index (χ0v) is 11.3. The molecule has 0 unspecified atom stereocenters. The maximum Gasteiger partial charge on any atom is 0.230 e. The van der Waals surface area contributed by atoms with Crippen molar-refractivity contribution in [2.75, 3.05) is 5.32 Å². The van der Waals surface area contributed by atoms with Gasteiger partial charge in [-0.25, -0.2) is 18.7 Å². The highest BCUT2D eigenvalue weighted by atomic mass is 35.5. The molecule has 4 nitrogen and oxygen atoms in total. The highest BCUT2D eigenvalue weighted by molar-refractivity contribution is 6.42. The molecule has 0 spiro atoms. The number of amides is 1. The highest BCUT2D eigenvalue weighted by Gasteiger charge is 2.15. The van der Waals surface area contributed by atoms with E-state index >= 15 is 0 Å². The molecule has 2 aromatic rings. The number of aromatic nitrogens is 2. The van der Waals surface area contributed by atoms with Crippen molar-refractivity contribution in [3.63, 3.8) is 0 Å². The number of carbonyl (C=O) groups excluding carboxylic acids is 1. The third kappa shape index (κ3) is 3.20. The van der Waals surface area contributed by atoms with E-state index in [4.69, 9.17) is 23.2 Å². The van der Waals surface area contributed by atoms with Crippen molar-refractivity contribution >= 4 is 34.9 Å². The Hall–Kier alpha value is -1.79. The fraction of sp³-hybridized carbons (Fsp3) is 0.0833. The third-order valence-electron chi connectivity index (χ3n) is 2.40. The number of carbonyl (C=O) groups is 1. The largest absolute Gasteiger partial charge is 0.309 e. The van der Waals surface area contributed by atoms with Gasteiger partial charge in [-0.2, -0.15) is 0 Å². The summed E-state index contributed by atoms with van der Waals surface area (Å²) < 4.78 is 26.8. The topological polar surface area (TPSA) is 54.9 Å². The minimum Gasteiger partial charge on any atom is -0.309 e. The molecule has 1 aromatic carbocycles. The van der Waals surface area contributed by atoms with Crippen molar-refractivity contribution in [2.45, 2.75) is 6.42 Å². The quantitative estimate of drug-likeness (QED) is 0.884. The molecule has 2 rings (SSSR count). The summed E-state index contributed by atoms with van der Waals surface area (Å²) in [7, 11) is 0. The average Bonchev–Trinajstić information content (AvgIpc) is 2.39. The molecule has 0 saturated carbocycles. The SMILES string of the molecule is O=C(Cc1c(F)cccc1F)Nc1ncnc(Cl)c1Cl. The molecule has 0 saturated heterocycles. The van der Waals surface area contributed by atoms with Crippen LogP contribution in [-0.2, 0) is 11.2 Å². The van der Waals surface area contributed by atoms with Gasteiger partial charge in [0.05, 0.1) is 6.42 Å². The van der Waals surface area contributed by atoms with Crippen LogP contribution < -0.4 is 5.32 Å². The number of nitrogens with one attached hydrogen (secondary N) is 1. The number of nitrogens with zero attached hydrogens (tertiary/aromatic N) is 2. The summed E-state index contributed by atoms with van der Waals surface area (Å²) in [5.74, 6) is -2.29. The summed E-state index contributed by atoms with van der Waals surface area (Å²) in [4.78, 5) is 19.1. The predicted molar refractivity (Wildman–Crippen MR) is 70.7 cm³/mol. The van der Waals surface area contributed by atoms with Crippen molar-refractivity contribution < 1.29 is 13.6 Å². The molecule has 1 heterocycles. The minimum atomic E-state index is -0.799. The van der Waals surface area contributed by atoms with Crippen LogP contribution in [0.25, 0.3) is 0 Å². The van der Waals surface area contributed by atoms with Gasteiger partial charge in [-0.1, -0.05) is 29.3 Å². The monoisotopic (exact) mass is 317 g/mol. The summed E-state index contributed by atoms with van der Waals surface area (Å²) in [6.07, 6.45) is 0.615. The maximum absolute atomic E-state index is 13.4. The number of hydrogen-bond acceptors (Lipinski definition) is 3. The third-order valence-corrected chi connectivity index (χ3v) is 3.15. The lowest BCUT2D eigenvalue weighted by atomic mass is 10.1. The summed E-state index contributed by atoms with van der Waals surface area (Å²) in [5, 5.41) is 2.24. The molecule has 1 N–H and O–H groups in total. The zero-order valence-electron chi connectivity index (χ0n) is 9.83. The van der Waals surface area contributed by atoms with Gasteiger partial charge in [0.15, 0.2) is 11.0 Å². The van der Waals surface area contributed by atoms with E-state index in [1.54, 1.807) is 0 Å². The van der Waals surface area contributed by atoms with Gasteiger partial charge in [0.2, 0.25) is 5.91 Å². The first-order valence-electron chi connectivity index (χ1n) is 5.37. The van der Waals surface area contributed by atoms with Crippen molar-refractivity contribution in [3.8, 4) is 0 Å². The second kappa shape index (κ2) is 6.11. The molecule has 0 fully saturated rings. The lowest BCUT2D eigenvalue weighted by Gasteiger charge is -2.07. The van der Waals surface area contributed by atoms with Crippen molar-refractivity contribution in [2.24, 2.45) is 0 Å². The van der Waals surface area contributed by atoms with E-state index in [1.807, 2.05) is 0 Å². The summed E-state index contributed by atoms with van der Waals surface area (Å²) in [6.45, 7) is 0. The standard InChI is InChI=1S/C12H7Cl2F2N3O/c13-10-11(14)17-5-18-12(10)19-9(20)4-6-7(15)2-1-3-8(6)16/h1-3,5H,4H2,(H,17,18,19,20). The second-order valence-electron chi connectivity index (χ2n) is 3.75. The van der Waals surface area contributed by atoms with E-state index in [2.05, 4.69) is 15.3 Å². The molecule has 0 aliphatic carbocycles. The molecule has 0 radical (unpaired) electrons. The lowest BCUT2D eigenvalue weighted by Crippen LogP contribution is -2.17. The molecular weight excluding hydrogens is 311 g/mol. The van der Waals surface area contributed by atoms with E-state index in [9.17, 15) is 13.6 Å². The van der Waals surface area contributed by atoms with Gasteiger partial charge < -0.3 is 5.32 Å². The van der Waals surface area contributed by atoms with Crippen LogP contribution in [-0.4, -0.2) is 15.9 Å². The molecular formula is C12H7Cl2F2N3O. The normalized spacial score (nSPS) is 10.4. The summed E-state index contributed by atoms with van der Waals surface area (Å²) in [5.41, 5.74) is -0.332. The van der Waals surface area contributed by atoms with Gasteiger partial charge in [0.25, 0.3) is 0 Å². The number of hydrogen-bond donors (Lipinski definition) is 1. The van der Waals surface area contributed by atoms with Gasteiger partial charge in [-0.3, -0.25) is 4.79 Å². The number of benzene rings is 1. The zero-order chi connectivity index (χ0) is 14.7. The molecule has 8 heteroatoms. The van der Waals surface area contributed by atoms with Crippen LogP contribution >= 0.6 is 23.2 Å². The van der Waals surface area contributed by atoms with E-state index in [-0.39, 0.29) is 21.6 Å². The van der Waals surface area contributed by atoms with Crippen LogP contribution in [0.2, 0.25) is 10.2 Å². The van der Waals surface area contributed by atoms with Crippen LogP contribution in [0.4, 0.5) is 14.6 Å². The predicted octanol–water partition coefficient (Wildman–Crippen LogP) is 3.24. The Kier molecular flexibility index (Phi) is 4.46. The first-order chi connectivity index (χ1) is 9.49. The molecule has 104 valence electrons. The van der Waals surface area contributed by atoms with Gasteiger partial charge in [-0.15, -0.1) is 0 Å². The highest BCUT2D eigenvalue weighted by Crippen LogP contribution is 2.25. The molecule has 1 amide bonds. The fourth-order valence-corrected chi connectivity index (χ4v) is 1.75. The Balaban J connectivity index is 2.16. The van der Waals surface area contributed by atoms with E-state index in [1.165, 1.54) is 6.07 Å². The number of rotatable bonds is 3. The Morgan fingerprint density at radius 2 is 1.85 bits per heavy atom. The number of anilines is 1. The molecule has 1 aromatic heterocycles. The van der Waals surface area contributed by atoms with Crippen molar-refractivity contribution in [3.05, 3.63) is 51.9 Å². The summed E-state index contributed by atoms with van der Waals surface area (Å²) >= 11 is 11.4. The Labute approximate surface area is 122 Å². The van der Waals surface area contributed by atoms with Gasteiger partial charge in [0, 0.05) is 5.56 Å². The molecule has 0 aliphatic rings. The molecule has 0 bridgehead atoms. The van der Waals surface area contributed by atoms with Crippen LogP contribution in [0.15, 0.2) is 24.5 Å². The molecule has 20 heavy (non-hydrogen) atoms. The minimum absolute atomic E-state index is 0.0200. The molecule has 0 atom stereocenters. The smallest absolute Gasteiger partial charge is 0.230 e. The van der Waals surface area contributed by atoms with E-state index in [0.717, 1.165) is 18.5 Å². The summed E-state index contributed by atoms with van der Waals surface area (Å²) in [6, 6.07) is 3.35. The van der Waals surface area contributed by atoms with Crippen molar-refractivity contribution in [1.82, 2.24) is 9.97 Å². The molecule has 0 aliphatic heterocycles. The first-order valence-corrected chi connectivity index (χ1v) is 6.13. The van der Waals surface area contributed by atoms with Gasteiger partial charge in [-0.05, 0) is 12.1 Å². The van der Waals surface area contributed by atoms with Crippen LogP contribution in [0.3, 0.4) is 0 Å². The Morgan fingerprint density at radius 3 is 2.50 bits per heavy atom. The maximum atomic E-state index is 13.4. The fourth-order valence-electron chi connectivity index (χ4n) is 1.47. The number of halogens is 4. The van der Waals surface area contributed by atoms with E-state index < -0.39 is 24.0 Å². The average molecular weight is 318 g/mol. The van der Waals surface area contributed by atoms with Crippen LogP contribution in [0.1, 0.15) is 5.56 Å². The van der Waals surface area contributed by atoms with Crippen LogP contribution in [0.5, 0.6) is 0 Å². The Bertz CT molecular complexity index is 647.